The average molecular weight is 340 g/mol. The molecule has 0 spiro atoms. The van der Waals surface area contributed by atoms with Gasteiger partial charge in [0, 0.05) is 38.0 Å². The predicted octanol–water partition coefficient (Wildman–Crippen LogP) is 1.99. The summed E-state index contributed by atoms with van der Waals surface area (Å²) in [5, 5.41) is 18.6. The maximum atomic E-state index is 11.7. The molecule has 1 aromatic rings. The zero-order valence-corrected chi connectivity index (χ0v) is 15.1. The van der Waals surface area contributed by atoms with Gasteiger partial charge in [-0.25, -0.2) is 9.78 Å². The molecule has 1 aliphatic heterocycles. The van der Waals surface area contributed by atoms with E-state index in [9.17, 15) is 9.90 Å². The quantitative estimate of drug-likeness (QED) is 0.740. The normalized spacial score (nSPS) is 16.4. The minimum Gasteiger partial charge on any atom is -0.391 e. The molecule has 1 aliphatic rings. The second-order valence-corrected chi connectivity index (χ2v) is 7.92. The van der Waals surface area contributed by atoms with Crippen molar-refractivity contribution in [1.82, 2.24) is 15.6 Å². The number of anilines is 1. The lowest BCUT2D eigenvalue weighted by atomic mass is 9.89. The summed E-state index contributed by atoms with van der Waals surface area (Å²) in [6.45, 7) is 8.82. The number of rotatable bonds is 6. The fourth-order valence-electron chi connectivity index (χ4n) is 2.33. The lowest BCUT2D eigenvalue weighted by Gasteiger charge is -2.25. The van der Waals surface area contributed by atoms with Crippen LogP contribution in [0.2, 0.25) is 0 Å². The van der Waals surface area contributed by atoms with E-state index >= 15 is 0 Å². The molecule has 1 aromatic heterocycles. The number of hydrogen-bond acceptors (Lipinski definition) is 5. The van der Waals surface area contributed by atoms with Crippen LogP contribution in [0.15, 0.2) is 5.38 Å². The topological polar surface area (TPSA) is 77.5 Å². The van der Waals surface area contributed by atoms with Gasteiger partial charge in [-0.3, -0.25) is 0 Å². The van der Waals surface area contributed by atoms with Gasteiger partial charge in [-0.1, -0.05) is 20.8 Å². The van der Waals surface area contributed by atoms with Crippen molar-refractivity contribution in [2.45, 2.75) is 46.1 Å². The Balaban J connectivity index is 1.65. The van der Waals surface area contributed by atoms with Gasteiger partial charge < -0.3 is 20.6 Å². The molecule has 1 saturated heterocycles. The number of carbonyl (C=O) groups excluding carboxylic acids is 1. The first-order valence-electron chi connectivity index (χ1n) is 8.25. The van der Waals surface area contributed by atoms with Gasteiger partial charge in [0.1, 0.15) is 0 Å². The lowest BCUT2D eigenvalue weighted by Crippen LogP contribution is -2.44. The van der Waals surface area contributed by atoms with E-state index < -0.39 is 6.10 Å². The maximum Gasteiger partial charge on any atom is 0.314 e. The Morgan fingerprint density at radius 1 is 1.39 bits per heavy atom. The standard InChI is InChI=1S/C16H28N4O2S/c1-16(2,3)13(21)10-18-14(22)17-7-6-12-11-23-15(19-12)20-8-4-5-9-20/h11,13,21H,4-10H2,1-3H3,(H2,17,18,22). The fraction of sp³-hybridized carbons (Fsp3) is 0.750. The number of amides is 2. The minimum absolute atomic E-state index is 0.236. The van der Waals surface area contributed by atoms with Crippen molar-refractivity contribution in [1.29, 1.82) is 0 Å². The fourth-order valence-corrected chi connectivity index (χ4v) is 3.24. The van der Waals surface area contributed by atoms with Crippen molar-refractivity contribution in [2.75, 3.05) is 31.1 Å². The molecule has 2 heterocycles. The van der Waals surface area contributed by atoms with Crippen molar-refractivity contribution in [3.05, 3.63) is 11.1 Å². The van der Waals surface area contributed by atoms with Crippen LogP contribution in [-0.4, -0.2) is 48.4 Å². The second kappa shape index (κ2) is 7.97. The van der Waals surface area contributed by atoms with Gasteiger partial charge in [0.25, 0.3) is 0 Å². The molecule has 0 radical (unpaired) electrons. The van der Waals surface area contributed by atoms with E-state index in [0.717, 1.165) is 30.3 Å². The molecule has 7 heteroatoms. The molecule has 0 aromatic carbocycles. The highest BCUT2D eigenvalue weighted by Crippen LogP contribution is 2.24. The Hall–Kier alpha value is -1.34. The van der Waals surface area contributed by atoms with Crippen LogP contribution >= 0.6 is 11.3 Å². The molecular formula is C16H28N4O2S. The number of aromatic nitrogens is 1. The third-order valence-corrected chi connectivity index (χ3v) is 4.99. The third-order valence-electron chi connectivity index (χ3n) is 4.04. The van der Waals surface area contributed by atoms with Crippen molar-refractivity contribution >= 4 is 22.5 Å². The smallest absolute Gasteiger partial charge is 0.314 e. The SMILES string of the molecule is CC(C)(C)C(O)CNC(=O)NCCc1csc(N2CCCC2)n1. The van der Waals surface area contributed by atoms with Gasteiger partial charge in [0.2, 0.25) is 0 Å². The van der Waals surface area contributed by atoms with Crippen molar-refractivity contribution in [3.8, 4) is 0 Å². The molecule has 1 unspecified atom stereocenters. The van der Waals surface area contributed by atoms with Crippen LogP contribution in [0.25, 0.3) is 0 Å². The number of carbonyl (C=O) groups is 1. The third kappa shape index (κ3) is 5.66. The second-order valence-electron chi connectivity index (χ2n) is 7.08. The molecule has 2 rings (SSSR count). The molecule has 0 saturated carbocycles. The van der Waals surface area contributed by atoms with E-state index in [1.165, 1.54) is 12.8 Å². The van der Waals surface area contributed by atoms with Gasteiger partial charge >= 0.3 is 6.03 Å². The molecule has 2 amide bonds. The predicted molar refractivity (Wildman–Crippen MR) is 94.1 cm³/mol. The monoisotopic (exact) mass is 340 g/mol. The Bertz CT molecular complexity index is 506. The zero-order chi connectivity index (χ0) is 16.9. The van der Waals surface area contributed by atoms with Crippen LogP contribution < -0.4 is 15.5 Å². The molecule has 130 valence electrons. The van der Waals surface area contributed by atoms with Crippen molar-refractivity contribution < 1.29 is 9.90 Å². The van der Waals surface area contributed by atoms with Crippen LogP contribution in [0.4, 0.5) is 9.93 Å². The Morgan fingerprint density at radius 3 is 2.74 bits per heavy atom. The molecule has 3 N–H and O–H groups in total. The van der Waals surface area contributed by atoms with E-state index in [0.29, 0.717) is 6.54 Å². The van der Waals surface area contributed by atoms with E-state index in [-0.39, 0.29) is 18.0 Å². The first-order chi connectivity index (χ1) is 10.9. The van der Waals surface area contributed by atoms with E-state index in [1.807, 2.05) is 20.8 Å². The summed E-state index contributed by atoms with van der Waals surface area (Å²) >= 11 is 1.68. The van der Waals surface area contributed by atoms with Crippen LogP contribution in [0.3, 0.4) is 0 Å². The minimum atomic E-state index is -0.560. The van der Waals surface area contributed by atoms with Gasteiger partial charge in [-0.15, -0.1) is 11.3 Å². The number of nitrogens with zero attached hydrogens (tertiary/aromatic N) is 2. The van der Waals surface area contributed by atoms with Gasteiger partial charge in [0.15, 0.2) is 5.13 Å². The summed E-state index contributed by atoms with van der Waals surface area (Å²) < 4.78 is 0. The molecule has 1 fully saturated rings. The van der Waals surface area contributed by atoms with E-state index in [4.69, 9.17) is 0 Å². The van der Waals surface area contributed by atoms with Crippen LogP contribution in [0.5, 0.6) is 0 Å². The molecule has 6 nitrogen and oxygen atoms in total. The Morgan fingerprint density at radius 2 is 2.09 bits per heavy atom. The summed E-state index contributed by atoms with van der Waals surface area (Å²) in [4.78, 5) is 18.7. The Labute approximate surface area is 142 Å². The number of thiazole rings is 1. The number of nitrogens with one attached hydrogen (secondary N) is 2. The van der Waals surface area contributed by atoms with Crippen molar-refractivity contribution in [2.24, 2.45) is 5.41 Å². The molecule has 1 atom stereocenters. The van der Waals surface area contributed by atoms with Crippen LogP contribution in [0, 0.1) is 5.41 Å². The molecule has 0 bridgehead atoms. The van der Waals surface area contributed by atoms with E-state index in [2.05, 4.69) is 25.9 Å². The van der Waals surface area contributed by atoms with Crippen LogP contribution in [0.1, 0.15) is 39.3 Å². The molecular weight excluding hydrogens is 312 g/mol. The van der Waals surface area contributed by atoms with Gasteiger partial charge in [0.05, 0.1) is 11.8 Å². The highest BCUT2D eigenvalue weighted by Gasteiger charge is 2.22. The molecule has 0 aliphatic carbocycles. The first kappa shape index (κ1) is 18.0. The van der Waals surface area contributed by atoms with E-state index in [1.54, 1.807) is 11.3 Å². The highest BCUT2D eigenvalue weighted by atomic mass is 32.1. The number of urea groups is 1. The summed E-state index contributed by atoms with van der Waals surface area (Å²) in [7, 11) is 0. The summed E-state index contributed by atoms with van der Waals surface area (Å²) in [6.07, 6.45) is 2.66. The van der Waals surface area contributed by atoms with Gasteiger partial charge in [-0.05, 0) is 18.3 Å². The average Bonchev–Trinajstić information content (AvgIpc) is 3.14. The number of hydrogen-bond donors (Lipinski definition) is 3. The summed E-state index contributed by atoms with van der Waals surface area (Å²) in [6, 6.07) is -0.247. The maximum absolute atomic E-state index is 11.7. The van der Waals surface area contributed by atoms with Crippen molar-refractivity contribution in [3.63, 3.8) is 0 Å². The highest BCUT2D eigenvalue weighted by molar-refractivity contribution is 7.13. The molecule has 23 heavy (non-hydrogen) atoms. The summed E-state index contributed by atoms with van der Waals surface area (Å²) in [5.74, 6) is 0. The first-order valence-corrected chi connectivity index (χ1v) is 9.13. The zero-order valence-electron chi connectivity index (χ0n) is 14.3. The van der Waals surface area contributed by atoms with Crippen LogP contribution in [-0.2, 0) is 6.42 Å². The summed E-state index contributed by atoms with van der Waals surface area (Å²) in [5.41, 5.74) is 0.784. The Kier molecular flexibility index (Phi) is 6.24. The lowest BCUT2D eigenvalue weighted by molar-refractivity contribution is 0.0650. The number of aliphatic hydroxyl groups excluding tert-OH is 1. The number of aliphatic hydroxyl groups is 1. The largest absolute Gasteiger partial charge is 0.391 e. The van der Waals surface area contributed by atoms with Gasteiger partial charge in [-0.2, -0.15) is 0 Å².